The molecule has 2 aromatic carbocycles. The molecule has 2 aliphatic rings. The van der Waals surface area contributed by atoms with E-state index in [-0.39, 0.29) is 40.5 Å². The van der Waals surface area contributed by atoms with Crippen molar-refractivity contribution in [2.75, 3.05) is 30.4 Å². The molecule has 0 bridgehead atoms. The summed E-state index contributed by atoms with van der Waals surface area (Å²) in [5.74, 6) is -4.10. The maximum absolute atomic E-state index is 14.0. The van der Waals surface area contributed by atoms with Crippen molar-refractivity contribution in [3.05, 3.63) is 52.5 Å². The monoisotopic (exact) mass is 580 g/mol. The molecule has 1 aliphatic heterocycles. The van der Waals surface area contributed by atoms with Gasteiger partial charge < -0.3 is 19.7 Å². The number of anilines is 2. The smallest absolute Gasteiger partial charge is 0.392 e. The number of rotatable bonds is 8. The average Bonchev–Trinajstić information content (AvgIpc) is 3.68. The normalized spacial score (nSPS) is 17.8. The topological polar surface area (TPSA) is 67.9 Å². The van der Waals surface area contributed by atoms with E-state index in [9.17, 15) is 22.8 Å². The molecule has 1 N–H and O–H groups in total. The van der Waals surface area contributed by atoms with Gasteiger partial charge in [0.25, 0.3) is 0 Å². The van der Waals surface area contributed by atoms with Crippen molar-refractivity contribution in [1.82, 2.24) is 0 Å². The molecule has 0 saturated heterocycles. The number of ether oxygens (including phenoxy) is 2. The van der Waals surface area contributed by atoms with Gasteiger partial charge in [-0.25, -0.2) is 0 Å². The van der Waals surface area contributed by atoms with E-state index in [1.165, 1.54) is 6.07 Å². The second kappa shape index (κ2) is 11.5. The molecule has 4 rings (SSSR count). The van der Waals surface area contributed by atoms with Crippen LogP contribution in [0.2, 0.25) is 5.02 Å². The second-order valence-corrected chi connectivity index (χ2v) is 12.2. The predicted molar refractivity (Wildman–Crippen MR) is 149 cm³/mol. The molecule has 3 atom stereocenters. The number of likely N-dealkylation sites (N-methyl/N-ethyl adjacent to an activating group) is 1. The van der Waals surface area contributed by atoms with Gasteiger partial charge in [-0.15, -0.1) is 0 Å². The van der Waals surface area contributed by atoms with Gasteiger partial charge in [0.05, 0.1) is 41.2 Å². The van der Waals surface area contributed by atoms with E-state index in [4.69, 9.17) is 21.1 Å². The molecule has 1 aliphatic carbocycles. The second-order valence-electron chi connectivity index (χ2n) is 11.8. The number of benzene rings is 2. The molecule has 1 amide bonds. The van der Waals surface area contributed by atoms with Crippen molar-refractivity contribution in [3.63, 3.8) is 0 Å². The Hall–Kier alpha value is -2.94. The van der Waals surface area contributed by atoms with Crippen LogP contribution in [0.5, 0.6) is 5.75 Å². The van der Waals surface area contributed by atoms with Crippen molar-refractivity contribution in [2.45, 2.75) is 70.6 Å². The number of carbonyl (C=O) groups is 2. The fourth-order valence-electron chi connectivity index (χ4n) is 5.12. The summed E-state index contributed by atoms with van der Waals surface area (Å²) in [5, 5.41) is 2.85. The highest BCUT2D eigenvalue weighted by molar-refractivity contribution is 6.33. The lowest BCUT2D eigenvalue weighted by Gasteiger charge is -2.30. The Balaban J connectivity index is 1.62. The summed E-state index contributed by atoms with van der Waals surface area (Å²) in [5.41, 5.74) is 1.31. The van der Waals surface area contributed by atoms with E-state index < -0.39 is 29.5 Å². The maximum Gasteiger partial charge on any atom is 0.392 e. The Bertz CT molecular complexity index is 1260. The number of halogens is 4. The van der Waals surface area contributed by atoms with Crippen molar-refractivity contribution >= 4 is 34.9 Å². The van der Waals surface area contributed by atoms with Crippen LogP contribution in [0.3, 0.4) is 0 Å². The minimum Gasteiger partial charge on any atom is -0.490 e. The number of hydrogen-bond acceptors (Lipinski definition) is 5. The van der Waals surface area contributed by atoms with Crippen molar-refractivity contribution in [2.24, 2.45) is 11.8 Å². The molecular formula is C30H36ClF3N2O4. The summed E-state index contributed by atoms with van der Waals surface area (Å²) in [7, 11) is 1.87. The van der Waals surface area contributed by atoms with Crippen molar-refractivity contribution in [3.8, 4) is 5.75 Å². The fourth-order valence-corrected chi connectivity index (χ4v) is 5.29. The van der Waals surface area contributed by atoms with E-state index in [0.29, 0.717) is 18.9 Å². The van der Waals surface area contributed by atoms with Gasteiger partial charge in [0, 0.05) is 7.05 Å². The zero-order chi connectivity index (χ0) is 29.4. The highest BCUT2D eigenvalue weighted by Gasteiger charge is 2.45. The Morgan fingerprint density at radius 1 is 1.12 bits per heavy atom. The molecule has 2 aromatic rings. The summed E-state index contributed by atoms with van der Waals surface area (Å²) < 4.78 is 53.1. The van der Waals surface area contributed by atoms with E-state index in [0.717, 1.165) is 31.0 Å². The molecule has 218 valence electrons. The van der Waals surface area contributed by atoms with Gasteiger partial charge in [-0.2, -0.15) is 13.2 Å². The standard InChI is InChI=1S/C30H36ClF3N2O4/c1-17(30(32,33)34)27(20-9-11-24-25(15-20)39-13-12-36(24)5)28(38)35-23-14-19(8-10-22(23)31)21(18-6-7-18)16-26(37)40-29(2,3)4/h8-11,14-15,17-18,21,27H,6-7,12-13,16H2,1-5H3,(H,35,38). The number of nitrogens with zero attached hydrogens (tertiary/aromatic N) is 1. The first kappa shape index (κ1) is 30.0. The van der Waals surface area contributed by atoms with Crippen LogP contribution in [0.1, 0.15) is 69.9 Å². The third-order valence-corrected chi connectivity index (χ3v) is 7.74. The molecular weight excluding hydrogens is 545 g/mol. The van der Waals surface area contributed by atoms with E-state index in [1.807, 2.05) is 11.9 Å². The fraction of sp³-hybridized carbons (Fsp3) is 0.533. The van der Waals surface area contributed by atoms with Crippen LogP contribution in [0, 0.1) is 11.8 Å². The van der Waals surface area contributed by atoms with Crippen LogP contribution in [0.25, 0.3) is 0 Å². The molecule has 1 fully saturated rings. The summed E-state index contributed by atoms with van der Waals surface area (Å²) in [4.78, 5) is 28.1. The van der Waals surface area contributed by atoms with Gasteiger partial charge in [0.1, 0.15) is 18.0 Å². The lowest BCUT2D eigenvalue weighted by molar-refractivity contribution is -0.178. The van der Waals surface area contributed by atoms with Crippen LogP contribution in [-0.2, 0) is 14.3 Å². The van der Waals surface area contributed by atoms with Crippen LogP contribution >= 0.6 is 11.6 Å². The van der Waals surface area contributed by atoms with Gasteiger partial charge in [-0.3, -0.25) is 9.59 Å². The lowest BCUT2D eigenvalue weighted by Crippen LogP contribution is -2.35. The van der Waals surface area contributed by atoms with Gasteiger partial charge in [0.15, 0.2) is 0 Å². The molecule has 1 saturated carbocycles. The largest absolute Gasteiger partial charge is 0.490 e. The van der Waals surface area contributed by atoms with Crippen LogP contribution in [0.4, 0.5) is 24.5 Å². The summed E-state index contributed by atoms with van der Waals surface area (Å²) >= 11 is 6.41. The summed E-state index contributed by atoms with van der Waals surface area (Å²) in [6, 6.07) is 9.78. The molecule has 1 heterocycles. The molecule has 0 spiro atoms. The zero-order valence-corrected chi connectivity index (χ0v) is 24.2. The highest BCUT2D eigenvalue weighted by atomic mass is 35.5. The van der Waals surface area contributed by atoms with Crippen LogP contribution in [0.15, 0.2) is 36.4 Å². The molecule has 0 radical (unpaired) electrons. The Kier molecular flexibility index (Phi) is 8.64. The van der Waals surface area contributed by atoms with E-state index >= 15 is 0 Å². The predicted octanol–water partition coefficient (Wildman–Crippen LogP) is 7.31. The Labute approximate surface area is 238 Å². The Morgan fingerprint density at radius 2 is 1.80 bits per heavy atom. The minimum absolute atomic E-state index is 0.151. The SMILES string of the molecule is CC(C(C(=O)Nc1cc(C(CC(=O)OC(C)(C)C)C2CC2)ccc1Cl)c1ccc2c(c1)OCCN2C)C(F)(F)F. The Morgan fingerprint density at radius 3 is 2.42 bits per heavy atom. The van der Waals surface area contributed by atoms with Crippen LogP contribution < -0.4 is 15.0 Å². The summed E-state index contributed by atoms with van der Waals surface area (Å²) in [6.07, 6.45) is -2.54. The molecule has 3 unspecified atom stereocenters. The lowest BCUT2D eigenvalue weighted by atomic mass is 9.85. The number of nitrogens with one attached hydrogen (secondary N) is 1. The van der Waals surface area contributed by atoms with Gasteiger partial charge in [0.2, 0.25) is 5.91 Å². The molecule has 0 aromatic heterocycles. The third-order valence-electron chi connectivity index (χ3n) is 7.41. The number of carbonyl (C=O) groups excluding carboxylic acids is 2. The molecule has 6 nitrogen and oxygen atoms in total. The number of esters is 1. The van der Waals surface area contributed by atoms with Gasteiger partial charge in [-0.05, 0) is 80.8 Å². The van der Waals surface area contributed by atoms with E-state index in [1.54, 1.807) is 51.1 Å². The third kappa shape index (κ3) is 7.22. The first-order valence-electron chi connectivity index (χ1n) is 13.5. The minimum atomic E-state index is -4.62. The average molecular weight is 581 g/mol. The summed E-state index contributed by atoms with van der Waals surface area (Å²) in [6.45, 7) is 7.46. The number of fused-ring (bicyclic) bond motifs is 1. The van der Waals surface area contributed by atoms with E-state index in [2.05, 4.69) is 5.32 Å². The number of hydrogen-bond donors (Lipinski definition) is 1. The van der Waals surface area contributed by atoms with Crippen molar-refractivity contribution in [1.29, 1.82) is 0 Å². The quantitative estimate of drug-likeness (QED) is 0.332. The van der Waals surface area contributed by atoms with Crippen LogP contribution in [-0.4, -0.2) is 43.9 Å². The highest BCUT2D eigenvalue weighted by Crippen LogP contribution is 2.46. The number of amides is 1. The maximum atomic E-state index is 14.0. The first-order valence-corrected chi connectivity index (χ1v) is 13.9. The molecule has 40 heavy (non-hydrogen) atoms. The van der Waals surface area contributed by atoms with Gasteiger partial charge >= 0.3 is 12.1 Å². The van der Waals surface area contributed by atoms with Gasteiger partial charge in [-0.1, -0.05) is 30.7 Å². The zero-order valence-electron chi connectivity index (χ0n) is 23.4. The van der Waals surface area contributed by atoms with Crippen molar-refractivity contribution < 1.29 is 32.2 Å². The molecule has 10 heteroatoms. The first-order chi connectivity index (χ1) is 18.6. The number of alkyl halides is 3.